The zero-order valence-corrected chi connectivity index (χ0v) is 14.1. The van der Waals surface area contributed by atoms with E-state index in [1.165, 1.54) is 5.56 Å². The van der Waals surface area contributed by atoms with Crippen LogP contribution < -0.4 is 5.73 Å². The lowest BCUT2D eigenvalue weighted by Gasteiger charge is -2.19. The molecule has 20 heavy (non-hydrogen) atoms. The average Bonchev–Trinajstić information content (AvgIpc) is 2.77. The highest BCUT2D eigenvalue weighted by atomic mass is 79.9. The Morgan fingerprint density at radius 1 is 1.30 bits per heavy atom. The van der Waals surface area contributed by atoms with Crippen molar-refractivity contribution >= 4 is 27.0 Å². The zero-order chi connectivity index (χ0) is 14.7. The number of fused-ring (bicyclic) bond motifs is 1. The standard InChI is InChI=1S/C16H24BrN3/c1-10(2)12(6-7-18)4-5-15-19-14-9-13(17)8-11(3)16(14)20-15/h8-10,12H,4-7,18H2,1-3H3,(H,19,20). The Kier molecular flexibility index (Phi) is 5.22. The predicted octanol–water partition coefficient (Wildman–Crippen LogP) is 4.19. The fraction of sp³-hybridized carbons (Fsp3) is 0.562. The number of H-pyrrole nitrogens is 1. The molecule has 1 heterocycles. The van der Waals surface area contributed by atoms with Crippen molar-refractivity contribution < 1.29 is 0 Å². The molecule has 0 bridgehead atoms. The number of rotatable bonds is 6. The van der Waals surface area contributed by atoms with Crippen LogP contribution in [-0.4, -0.2) is 16.5 Å². The number of imidazole rings is 1. The highest BCUT2D eigenvalue weighted by molar-refractivity contribution is 9.10. The van der Waals surface area contributed by atoms with Crippen molar-refractivity contribution in [3.05, 3.63) is 28.0 Å². The van der Waals surface area contributed by atoms with Crippen LogP contribution in [-0.2, 0) is 6.42 Å². The van der Waals surface area contributed by atoms with Gasteiger partial charge in [-0.25, -0.2) is 4.98 Å². The number of hydrogen-bond donors (Lipinski definition) is 2. The molecule has 0 spiro atoms. The van der Waals surface area contributed by atoms with Gasteiger partial charge in [-0.1, -0.05) is 29.8 Å². The van der Waals surface area contributed by atoms with E-state index in [1.54, 1.807) is 0 Å². The summed E-state index contributed by atoms with van der Waals surface area (Å²) in [5.74, 6) is 2.45. The van der Waals surface area contributed by atoms with Crippen molar-refractivity contribution in [3.63, 3.8) is 0 Å². The topological polar surface area (TPSA) is 54.7 Å². The van der Waals surface area contributed by atoms with Crippen molar-refractivity contribution in [1.29, 1.82) is 0 Å². The fourth-order valence-corrected chi connectivity index (χ4v) is 3.34. The Hall–Kier alpha value is -0.870. The van der Waals surface area contributed by atoms with Gasteiger partial charge in [0.2, 0.25) is 0 Å². The molecule has 0 aliphatic heterocycles. The van der Waals surface area contributed by atoms with E-state index in [2.05, 4.69) is 53.8 Å². The molecular formula is C16H24BrN3. The van der Waals surface area contributed by atoms with E-state index in [0.29, 0.717) is 11.8 Å². The number of nitrogens with one attached hydrogen (secondary N) is 1. The number of aromatic nitrogens is 2. The van der Waals surface area contributed by atoms with Crippen LogP contribution in [0.25, 0.3) is 11.0 Å². The van der Waals surface area contributed by atoms with Crippen LogP contribution in [0.5, 0.6) is 0 Å². The Morgan fingerprint density at radius 2 is 2.05 bits per heavy atom. The van der Waals surface area contributed by atoms with Gasteiger partial charge in [0, 0.05) is 10.9 Å². The first-order valence-corrected chi connectivity index (χ1v) is 8.15. The van der Waals surface area contributed by atoms with Gasteiger partial charge < -0.3 is 10.7 Å². The number of nitrogens with two attached hydrogens (primary N) is 1. The minimum atomic E-state index is 0.679. The summed E-state index contributed by atoms with van der Waals surface area (Å²) in [7, 11) is 0. The van der Waals surface area contributed by atoms with E-state index in [1.807, 2.05) is 0 Å². The number of nitrogens with zero attached hydrogens (tertiary/aromatic N) is 1. The Balaban J connectivity index is 2.12. The Morgan fingerprint density at radius 3 is 2.70 bits per heavy atom. The molecule has 1 aromatic heterocycles. The number of halogens is 1. The van der Waals surface area contributed by atoms with E-state index < -0.39 is 0 Å². The van der Waals surface area contributed by atoms with Crippen LogP contribution in [0.4, 0.5) is 0 Å². The van der Waals surface area contributed by atoms with E-state index in [9.17, 15) is 0 Å². The van der Waals surface area contributed by atoms with E-state index in [0.717, 1.165) is 47.1 Å². The maximum atomic E-state index is 5.71. The SMILES string of the molecule is Cc1cc(Br)cc2[nH]c(CCC(CCN)C(C)C)nc12. The van der Waals surface area contributed by atoms with Crippen molar-refractivity contribution in [2.24, 2.45) is 17.6 Å². The number of hydrogen-bond acceptors (Lipinski definition) is 2. The smallest absolute Gasteiger partial charge is 0.107 e. The summed E-state index contributed by atoms with van der Waals surface area (Å²) in [6.07, 6.45) is 3.24. The van der Waals surface area contributed by atoms with Crippen LogP contribution in [0.3, 0.4) is 0 Å². The minimum absolute atomic E-state index is 0.679. The van der Waals surface area contributed by atoms with Crippen molar-refractivity contribution in [2.75, 3.05) is 6.54 Å². The van der Waals surface area contributed by atoms with Gasteiger partial charge in [-0.15, -0.1) is 0 Å². The molecule has 3 N–H and O–H groups in total. The zero-order valence-electron chi connectivity index (χ0n) is 12.5. The molecule has 1 aromatic carbocycles. The van der Waals surface area contributed by atoms with Gasteiger partial charge in [0.1, 0.15) is 5.82 Å². The van der Waals surface area contributed by atoms with Crippen LogP contribution in [0, 0.1) is 18.8 Å². The molecule has 1 atom stereocenters. The normalized spacial score (nSPS) is 13.3. The third kappa shape index (κ3) is 3.61. The highest BCUT2D eigenvalue weighted by Crippen LogP contribution is 2.24. The molecule has 2 rings (SSSR count). The first-order valence-electron chi connectivity index (χ1n) is 7.36. The van der Waals surface area contributed by atoms with Gasteiger partial charge in [0.25, 0.3) is 0 Å². The molecule has 0 aliphatic rings. The first kappa shape index (κ1) is 15.5. The van der Waals surface area contributed by atoms with Crippen molar-refractivity contribution in [2.45, 2.75) is 40.0 Å². The van der Waals surface area contributed by atoms with Gasteiger partial charge in [-0.3, -0.25) is 0 Å². The van der Waals surface area contributed by atoms with Crippen LogP contribution in [0.1, 0.15) is 38.1 Å². The first-order chi connectivity index (χ1) is 9.51. The van der Waals surface area contributed by atoms with Crippen molar-refractivity contribution in [1.82, 2.24) is 9.97 Å². The quantitative estimate of drug-likeness (QED) is 0.830. The predicted molar refractivity (Wildman–Crippen MR) is 88.9 cm³/mol. The van der Waals surface area contributed by atoms with E-state index in [4.69, 9.17) is 10.7 Å². The highest BCUT2D eigenvalue weighted by Gasteiger charge is 2.14. The summed E-state index contributed by atoms with van der Waals surface area (Å²) in [5, 5.41) is 0. The van der Waals surface area contributed by atoms with Gasteiger partial charge in [0.15, 0.2) is 0 Å². The third-order valence-electron chi connectivity index (χ3n) is 4.02. The Labute approximate surface area is 129 Å². The third-order valence-corrected chi connectivity index (χ3v) is 4.48. The number of aromatic amines is 1. The molecule has 0 aliphatic carbocycles. The van der Waals surface area contributed by atoms with Crippen molar-refractivity contribution in [3.8, 4) is 0 Å². The molecule has 2 aromatic rings. The molecule has 0 saturated heterocycles. The minimum Gasteiger partial charge on any atom is -0.342 e. The summed E-state index contributed by atoms with van der Waals surface area (Å²) in [6.45, 7) is 7.43. The second kappa shape index (κ2) is 6.72. The maximum Gasteiger partial charge on any atom is 0.107 e. The fourth-order valence-electron chi connectivity index (χ4n) is 2.76. The van der Waals surface area contributed by atoms with Crippen LogP contribution in [0.15, 0.2) is 16.6 Å². The molecule has 3 nitrogen and oxygen atoms in total. The lowest BCUT2D eigenvalue weighted by molar-refractivity contribution is 0.339. The number of aryl methyl sites for hydroxylation is 2. The van der Waals surface area contributed by atoms with E-state index in [-0.39, 0.29) is 0 Å². The largest absolute Gasteiger partial charge is 0.342 e. The summed E-state index contributed by atoms with van der Waals surface area (Å²) in [6, 6.07) is 4.21. The average molecular weight is 338 g/mol. The molecule has 1 unspecified atom stereocenters. The van der Waals surface area contributed by atoms with Crippen LogP contribution >= 0.6 is 15.9 Å². The lowest BCUT2D eigenvalue weighted by Crippen LogP contribution is -2.15. The van der Waals surface area contributed by atoms with Crippen LogP contribution in [0.2, 0.25) is 0 Å². The molecule has 0 amide bonds. The molecule has 4 heteroatoms. The maximum absolute atomic E-state index is 5.71. The number of benzene rings is 1. The second-order valence-electron chi connectivity index (χ2n) is 5.92. The second-order valence-corrected chi connectivity index (χ2v) is 6.84. The molecular weight excluding hydrogens is 314 g/mol. The lowest BCUT2D eigenvalue weighted by atomic mass is 9.88. The monoisotopic (exact) mass is 337 g/mol. The van der Waals surface area contributed by atoms with Gasteiger partial charge >= 0.3 is 0 Å². The van der Waals surface area contributed by atoms with Gasteiger partial charge in [-0.2, -0.15) is 0 Å². The summed E-state index contributed by atoms with van der Waals surface area (Å²) in [5.41, 5.74) is 9.12. The summed E-state index contributed by atoms with van der Waals surface area (Å²) < 4.78 is 1.10. The molecule has 110 valence electrons. The van der Waals surface area contributed by atoms with Gasteiger partial charge in [-0.05, 0) is 55.8 Å². The Bertz CT molecular complexity index is 574. The summed E-state index contributed by atoms with van der Waals surface area (Å²) >= 11 is 3.53. The molecule has 0 fully saturated rings. The molecule has 0 saturated carbocycles. The van der Waals surface area contributed by atoms with Gasteiger partial charge in [0.05, 0.1) is 11.0 Å². The molecule has 0 radical (unpaired) electrons. The van der Waals surface area contributed by atoms with E-state index >= 15 is 0 Å². The summed E-state index contributed by atoms with van der Waals surface area (Å²) in [4.78, 5) is 8.18.